The van der Waals surface area contributed by atoms with E-state index in [0.29, 0.717) is 12.0 Å². The second kappa shape index (κ2) is 5.15. The van der Waals surface area contributed by atoms with Crippen molar-refractivity contribution in [2.45, 2.75) is 26.3 Å². The zero-order chi connectivity index (χ0) is 11.5. The Bertz CT molecular complexity index is 364. The number of nitrogens with one attached hydrogen (secondary N) is 1. The van der Waals surface area contributed by atoms with Crippen LogP contribution in [0.4, 0.5) is 5.69 Å². The third-order valence-corrected chi connectivity index (χ3v) is 3.55. The van der Waals surface area contributed by atoms with Crippen LogP contribution in [-0.4, -0.2) is 24.2 Å². The third kappa shape index (κ3) is 2.74. The topological polar surface area (TPSA) is 34.2 Å². The lowest BCUT2D eigenvalue weighted by atomic mass is 10.0. The first-order valence-corrected chi connectivity index (χ1v) is 6.43. The Morgan fingerprint density at radius 3 is 3.00 bits per heavy atom. The summed E-state index contributed by atoms with van der Waals surface area (Å²) in [5.41, 5.74) is 2.14. The first-order valence-electron chi connectivity index (χ1n) is 5.64. The van der Waals surface area contributed by atoms with E-state index >= 15 is 0 Å². The molecule has 2 unspecified atom stereocenters. The molecule has 0 spiro atoms. The molecule has 0 radical (unpaired) electrons. The molecule has 0 amide bonds. The van der Waals surface area contributed by atoms with Crippen molar-refractivity contribution in [2.24, 2.45) is 5.92 Å². The number of anilines is 1. The third-order valence-electron chi connectivity index (χ3n) is 3.11. The van der Waals surface area contributed by atoms with Gasteiger partial charge in [0.1, 0.15) is 4.60 Å². The van der Waals surface area contributed by atoms with Gasteiger partial charge in [-0.2, -0.15) is 0 Å². The van der Waals surface area contributed by atoms with Crippen LogP contribution in [0, 0.1) is 12.8 Å². The molecular formula is C12H17BrN2O. The summed E-state index contributed by atoms with van der Waals surface area (Å²) in [5, 5.41) is 3.52. The van der Waals surface area contributed by atoms with Crippen LogP contribution in [0.25, 0.3) is 0 Å². The smallest absolute Gasteiger partial charge is 0.106 e. The minimum absolute atomic E-state index is 0.434. The van der Waals surface area contributed by atoms with Gasteiger partial charge in [-0.05, 0) is 48.3 Å². The van der Waals surface area contributed by atoms with Crippen molar-refractivity contribution in [3.05, 3.63) is 22.4 Å². The molecule has 0 saturated carbocycles. The van der Waals surface area contributed by atoms with Crippen molar-refractivity contribution in [2.75, 3.05) is 18.5 Å². The molecule has 4 heteroatoms. The highest BCUT2D eigenvalue weighted by Gasteiger charge is 2.22. The van der Waals surface area contributed by atoms with E-state index in [4.69, 9.17) is 4.74 Å². The van der Waals surface area contributed by atoms with Crippen LogP contribution in [0.2, 0.25) is 0 Å². The molecule has 3 nitrogen and oxygen atoms in total. The average Bonchev–Trinajstić information content (AvgIpc) is 2.75. The van der Waals surface area contributed by atoms with Gasteiger partial charge in [0.25, 0.3) is 0 Å². The van der Waals surface area contributed by atoms with Gasteiger partial charge in [0.2, 0.25) is 0 Å². The van der Waals surface area contributed by atoms with E-state index in [1.807, 2.05) is 13.0 Å². The van der Waals surface area contributed by atoms with Gasteiger partial charge < -0.3 is 10.1 Å². The van der Waals surface area contributed by atoms with Gasteiger partial charge in [-0.3, -0.25) is 0 Å². The Balaban J connectivity index is 2.02. The Morgan fingerprint density at radius 1 is 1.56 bits per heavy atom. The Morgan fingerprint density at radius 2 is 2.38 bits per heavy atom. The van der Waals surface area contributed by atoms with Crippen LogP contribution in [0.3, 0.4) is 0 Å². The highest BCUT2D eigenvalue weighted by molar-refractivity contribution is 9.10. The van der Waals surface area contributed by atoms with Gasteiger partial charge in [-0.25, -0.2) is 4.98 Å². The van der Waals surface area contributed by atoms with Gasteiger partial charge >= 0.3 is 0 Å². The molecule has 1 aliphatic rings. The summed E-state index contributed by atoms with van der Waals surface area (Å²) in [6, 6.07) is 4.47. The van der Waals surface area contributed by atoms with Crippen LogP contribution < -0.4 is 5.32 Å². The Kier molecular flexibility index (Phi) is 3.82. The van der Waals surface area contributed by atoms with E-state index < -0.39 is 0 Å². The maximum Gasteiger partial charge on any atom is 0.106 e. The zero-order valence-electron chi connectivity index (χ0n) is 9.66. The average molecular weight is 285 g/mol. The molecule has 0 aromatic carbocycles. The quantitative estimate of drug-likeness (QED) is 0.867. The number of nitrogens with zero attached hydrogens (tertiary/aromatic N) is 1. The Hall–Kier alpha value is -0.610. The van der Waals surface area contributed by atoms with Crippen LogP contribution in [0.15, 0.2) is 16.7 Å². The minimum Gasteiger partial charge on any atom is -0.381 e. The lowest BCUT2D eigenvalue weighted by Gasteiger charge is -2.21. The summed E-state index contributed by atoms with van der Waals surface area (Å²) in [5.74, 6) is 0.614. The summed E-state index contributed by atoms with van der Waals surface area (Å²) in [6.07, 6.45) is 1.15. The monoisotopic (exact) mass is 284 g/mol. The first-order chi connectivity index (χ1) is 7.66. The molecule has 88 valence electrons. The van der Waals surface area contributed by atoms with Crippen LogP contribution >= 0.6 is 15.9 Å². The molecule has 1 aromatic rings. The van der Waals surface area contributed by atoms with Crippen molar-refractivity contribution in [1.82, 2.24) is 4.98 Å². The molecule has 0 aliphatic carbocycles. The zero-order valence-corrected chi connectivity index (χ0v) is 11.3. The standard InChI is InChI=1S/C12H17BrN2O/c1-8(10-5-6-16-7-10)14-11-3-4-12(13)15-9(11)2/h3-4,8,10,14H,5-7H2,1-2H3. The fraction of sp³-hybridized carbons (Fsp3) is 0.583. The highest BCUT2D eigenvalue weighted by Crippen LogP contribution is 2.22. The van der Waals surface area contributed by atoms with Gasteiger partial charge in [-0.15, -0.1) is 0 Å². The van der Waals surface area contributed by atoms with Crippen LogP contribution in [0.1, 0.15) is 19.0 Å². The minimum atomic E-state index is 0.434. The van der Waals surface area contributed by atoms with E-state index in [-0.39, 0.29) is 0 Å². The molecule has 1 fully saturated rings. The lowest BCUT2D eigenvalue weighted by Crippen LogP contribution is -2.26. The molecule has 2 heterocycles. The molecule has 1 aliphatic heterocycles. The molecular weight excluding hydrogens is 268 g/mol. The van der Waals surface area contributed by atoms with E-state index in [0.717, 1.165) is 35.6 Å². The number of aryl methyl sites for hydroxylation is 1. The number of hydrogen-bond acceptors (Lipinski definition) is 3. The summed E-state index contributed by atoms with van der Waals surface area (Å²) in [7, 11) is 0. The van der Waals surface area contributed by atoms with Crippen LogP contribution in [0.5, 0.6) is 0 Å². The summed E-state index contributed by atoms with van der Waals surface area (Å²) >= 11 is 3.37. The molecule has 1 aromatic heterocycles. The normalized spacial score (nSPS) is 22.1. The van der Waals surface area contributed by atoms with Crippen molar-refractivity contribution in [1.29, 1.82) is 0 Å². The van der Waals surface area contributed by atoms with Crippen molar-refractivity contribution in [3.8, 4) is 0 Å². The Labute approximate surface area is 105 Å². The summed E-state index contributed by atoms with van der Waals surface area (Å²) < 4.78 is 6.28. The highest BCUT2D eigenvalue weighted by atomic mass is 79.9. The molecule has 2 atom stereocenters. The molecule has 2 rings (SSSR count). The fourth-order valence-corrected chi connectivity index (χ4v) is 2.39. The maximum atomic E-state index is 5.40. The molecule has 16 heavy (non-hydrogen) atoms. The summed E-state index contributed by atoms with van der Waals surface area (Å²) in [6.45, 7) is 6.00. The van der Waals surface area contributed by atoms with E-state index in [1.165, 1.54) is 0 Å². The number of pyridine rings is 1. The second-order valence-corrected chi connectivity index (χ2v) is 5.14. The van der Waals surface area contributed by atoms with Gasteiger partial charge in [0.05, 0.1) is 18.0 Å². The number of halogens is 1. The van der Waals surface area contributed by atoms with Crippen molar-refractivity contribution < 1.29 is 4.74 Å². The second-order valence-electron chi connectivity index (χ2n) is 4.32. The number of ether oxygens (including phenoxy) is 1. The SMILES string of the molecule is Cc1nc(Br)ccc1NC(C)C1CCOC1. The number of hydrogen-bond donors (Lipinski definition) is 1. The molecule has 0 bridgehead atoms. The van der Waals surface area contributed by atoms with Crippen molar-refractivity contribution >= 4 is 21.6 Å². The summed E-state index contributed by atoms with van der Waals surface area (Å²) in [4.78, 5) is 4.38. The fourth-order valence-electron chi connectivity index (χ4n) is 1.99. The van der Waals surface area contributed by atoms with Gasteiger partial charge in [-0.1, -0.05) is 0 Å². The van der Waals surface area contributed by atoms with E-state index in [2.05, 4.69) is 39.2 Å². The number of aromatic nitrogens is 1. The van der Waals surface area contributed by atoms with Gasteiger partial charge in [0.15, 0.2) is 0 Å². The molecule has 1 saturated heterocycles. The molecule has 1 N–H and O–H groups in total. The first kappa shape index (κ1) is 11.9. The largest absolute Gasteiger partial charge is 0.381 e. The van der Waals surface area contributed by atoms with E-state index in [9.17, 15) is 0 Å². The van der Waals surface area contributed by atoms with Gasteiger partial charge in [0, 0.05) is 18.6 Å². The van der Waals surface area contributed by atoms with Crippen molar-refractivity contribution in [3.63, 3.8) is 0 Å². The predicted molar refractivity (Wildman–Crippen MR) is 68.7 cm³/mol. The predicted octanol–water partition coefficient (Wildman–Crippen LogP) is 2.99. The lowest BCUT2D eigenvalue weighted by molar-refractivity contribution is 0.183. The van der Waals surface area contributed by atoms with E-state index in [1.54, 1.807) is 0 Å². The number of rotatable bonds is 3. The van der Waals surface area contributed by atoms with Crippen LogP contribution in [-0.2, 0) is 4.74 Å². The maximum absolute atomic E-state index is 5.40.